The Bertz CT molecular complexity index is 623. The van der Waals surface area contributed by atoms with E-state index in [9.17, 15) is 13.2 Å². The Morgan fingerprint density at radius 3 is 2.55 bits per heavy atom. The molecule has 0 aliphatic heterocycles. The van der Waals surface area contributed by atoms with E-state index in [2.05, 4.69) is 10.3 Å². The van der Waals surface area contributed by atoms with Gasteiger partial charge in [-0.05, 0) is 32.0 Å². The van der Waals surface area contributed by atoms with E-state index >= 15 is 0 Å². The minimum Gasteiger partial charge on any atom is -0.379 e. The summed E-state index contributed by atoms with van der Waals surface area (Å²) in [6.07, 6.45) is -4.38. The standard InChI is InChI=1S/C13H12ClF3N2S/c1-7-12(20-8(2)19-7)6-18-11-5-9(13(15,16)17)3-4-10(11)14/h3-5,18H,6H2,1-2H3. The molecule has 1 heterocycles. The van der Waals surface area contributed by atoms with E-state index in [-0.39, 0.29) is 10.7 Å². The molecule has 2 nitrogen and oxygen atoms in total. The van der Waals surface area contributed by atoms with Crippen molar-refractivity contribution < 1.29 is 13.2 Å². The molecule has 0 aliphatic carbocycles. The van der Waals surface area contributed by atoms with Gasteiger partial charge in [0.15, 0.2) is 0 Å². The van der Waals surface area contributed by atoms with Crippen LogP contribution in [0.2, 0.25) is 5.02 Å². The smallest absolute Gasteiger partial charge is 0.379 e. The maximum absolute atomic E-state index is 12.7. The van der Waals surface area contributed by atoms with Crippen molar-refractivity contribution in [1.82, 2.24) is 4.98 Å². The number of nitrogens with one attached hydrogen (secondary N) is 1. The van der Waals surface area contributed by atoms with Crippen LogP contribution < -0.4 is 5.32 Å². The number of nitrogens with zero attached hydrogens (tertiary/aromatic N) is 1. The van der Waals surface area contributed by atoms with Crippen LogP contribution in [0.5, 0.6) is 0 Å². The minimum absolute atomic E-state index is 0.261. The molecule has 0 bridgehead atoms. The van der Waals surface area contributed by atoms with Gasteiger partial charge in [0, 0.05) is 4.88 Å². The number of aryl methyl sites for hydroxylation is 2. The SMILES string of the molecule is Cc1nc(C)c(CNc2cc(C(F)(F)F)ccc2Cl)s1. The molecule has 7 heteroatoms. The van der Waals surface area contributed by atoms with Gasteiger partial charge in [-0.3, -0.25) is 0 Å². The van der Waals surface area contributed by atoms with E-state index < -0.39 is 11.7 Å². The van der Waals surface area contributed by atoms with Crippen molar-refractivity contribution in [2.45, 2.75) is 26.6 Å². The van der Waals surface area contributed by atoms with E-state index in [0.717, 1.165) is 27.7 Å². The highest BCUT2D eigenvalue weighted by atomic mass is 35.5. The van der Waals surface area contributed by atoms with Crippen LogP contribution in [-0.2, 0) is 12.7 Å². The largest absolute Gasteiger partial charge is 0.416 e. The molecule has 1 N–H and O–H groups in total. The summed E-state index contributed by atoms with van der Waals surface area (Å²) in [6, 6.07) is 3.23. The van der Waals surface area contributed by atoms with Crippen molar-refractivity contribution in [3.8, 4) is 0 Å². The second-order valence-electron chi connectivity index (χ2n) is 4.29. The third-order valence-corrected chi connectivity index (χ3v) is 4.14. The van der Waals surface area contributed by atoms with Crippen LogP contribution in [0.4, 0.5) is 18.9 Å². The Morgan fingerprint density at radius 2 is 2.00 bits per heavy atom. The number of halogens is 4. The summed E-state index contributed by atoms with van der Waals surface area (Å²) in [5, 5.41) is 4.12. The third kappa shape index (κ3) is 3.43. The molecule has 0 atom stereocenters. The fourth-order valence-electron chi connectivity index (χ4n) is 1.75. The highest BCUT2D eigenvalue weighted by Crippen LogP contribution is 2.34. The average molecular weight is 321 g/mol. The molecule has 0 radical (unpaired) electrons. The van der Waals surface area contributed by atoms with Crippen molar-refractivity contribution in [2.75, 3.05) is 5.32 Å². The Hall–Kier alpha value is -1.27. The molecule has 0 amide bonds. The Kier molecular flexibility index (Phi) is 4.25. The molecule has 2 rings (SSSR count). The number of benzene rings is 1. The van der Waals surface area contributed by atoms with Gasteiger partial charge in [-0.25, -0.2) is 4.98 Å². The highest BCUT2D eigenvalue weighted by Gasteiger charge is 2.30. The van der Waals surface area contributed by atoms with Gasteiger partial charge in [-0.15, -0.1) is 11.3 Å². The van der Waals surface area contributed by atoms with Crippen LogP contribution in [0.25, 0.3) is 0 Å². The summed E-state index contributed by atoms with van der Waals surface area (Å²) in [6.45, 7) is 4.16. The van der Waals surface area contributed by atoms with Crippen LogP contribution in [0, 0.1) is 13.8 Å². The lowest BCUT2D eigenvalue weighted by Crippen LogP contribution is -2.07. The first-order chi connectivity index (χ1) is 9.27. The van der Waals surface area contributed by atoms with Crippen LogP contribution in [0.15, 0.2) is 18.2 Å². The first-order valence-electron chi connectivity index (χ1n) is 5.81. The number of alkyl halides is 3. The summed E-state index contributed by atoms with van der Waals surface area (Å²) in [5.74, 6) is 0. The molecule has 0 aliphatic rings. The van der Waals surface area contributed by atoms with Crippen LogP contribution in [-0.4, -0.2) is 4.98 Å². The van der Waals surface area contributed by atoms with Gasteiger partial charge in [0.2, 0.25) is 0 Å². The minimum atomic E-state index is -4.38. The predicted molar refractivity (Wildman–Crippen MR) is 75.4 cm³/mol. The zero-order chi connectivity index (χ0) is 14.9. The second kappa shape index (κ2) is 5.61. The van der Waals surface area contributed by atoms with Crippen LogP contribution >= 0.6 is 22.9 Å². The maximum atomic E-state index is 12.7. The van der Waals surface area contributed by atoms with Crippen molar-refractivity contribution in [3.63, 3.8) is 0 Å². The normalized spacial score (nSPS) is 11.7. The van der Waals surface area contributed by atoms with Gasteiger partial charge >= 0.3 is 6.18 Å². The van der Waals surface area contributed by atoms with Crippen LogP contribution in [0.3, 0.4) is 0 Å². The Balaban J connectivity index is 2.19. The zero-order valence-corrected chi connectivity index (χ0v) is 12.4. The topological polar surface area (TPSA) is 24.9 Å². The molecule has 0 fully saturated rings. The summed E-state index contributed by atoms with van der Waals surface area (Å²) >= 11 is 7.43. The average Bonchev–Trinajstić information content (AvgIpc) is 2.65. The molecule has 0 unspecified atom stereocenters. The van der Waals surface area contributed by atoms with Crippen molar-refractivity contribution in [1.29, 1.82) is 0 Å². The van der Waals surface area contributed by atoms with Crippen molar-refractivity contribution >= 4 is 28.6 Å². The monoisotopic (exact) mass is 320 g/mol. The van der Waals surface area contributed by atoms with Gasteiger partial charge in [0.1, 0.15) is 0 Å². The Labute approximate surface area is 123 Å². The number of rotatable bonds is 3. The molecular formula is C13H12ClF3N2S. The van der Waals surface area contributed by atoms with Gasteiger partial charge in [-0.1, -0.05) is 11.6 Å². The van der Waals surface area contributed by atoms with Crippen LogP contribution in [0.1, 0.15) is 21.1 Å². The number of anilines is 1. The first-order valence-corrected chi connectivity index (χ1v) is 7.00. The van der Waals surface area contributed by atoms with E-state index in [1.807, 2.05) is 13.8 Å². The van der Waals surface area contributed by atoms with E-state index in [4.69, 9.17) is 11.6 Å². The molecule has 108 valence electrons. The fourth-order valence-corrected chi connectivity index (χ4v) is 2.81. The zero-order valence-electron chi connectivity index (χ0n) is 10.8. The fraction of sp³-hybridized carbons (Fsp3) is 0.308. The second-order valence-corrected chi connectivity index (χ2v) is 5.98. The van der Waals surface area contributed by atoms with E-state index in [1.165, 1.54) is 17.4 Å². The Morgan fingerprint density at radius 1 is 1.30 bits per heavy atom. The maximum Gasteiger partial charge on any atom is 0.416 e. The quantitative estimate of drug-likeness (QED) is 0.856. The summed E-state index contributed by atoms with van der Waals surface area (Å²) in [4.78, 5) is 5.25. The summed E-state index contributed by atoms with van der Waals surface area (Å²) in [7, 11) is 0. The van der Waals surface area contributed by atoms with Gasteiger partial charge in [-0.2, -0.15) is 13.2 Å². The molecule has 0 saturated carbocycles. The van der Waals surface area contributed by atoms with Gasteiger partial charge in [0.05, 0.1) is 33.5 Å². The number of aromatic nitrogens is 1. The summed E-state index contributed by atoms with van der Waals surface area (Å²) < 4.78 is 38.0. The lowest BCUT2D eigenvalue weighted by molar-refractivity contribution is -0.137. The van der Waals surface area contributed by atoms with Crippen molar-refractivity contribution in [3.05, 3.63) is 44.4 Å². The lowest BCUT2D eigenvalue weighted by atomic mass is 10.2. The van der Waals surface area contributed by atoms with Crippen molar-refractivity contribution in [2.24, 2.45) is 0 Å². The molecule has 0 spiro atoms. The first kappa shape index (κ1) is 15.1. The highest BCUT2D eigenvalue weighted by molar-refractivity contribution is 7.11. The number of hydrogen-bond donors (Lipinski definition) is 1. The summed E-state index contributed by atoms with van der Waals surface area (Å²) in [5.41, 5.74) is 0.427. The third-order valence-electron chi connectivity index (χ3n) is 2.73. The molecular weight excluding hydrogens is 309 g/mol. The molecule has 1 aromatic carbocycles. The van der Waals surface area contributed by atoms with E-state index in [0.29, 0.717) is 6.54 Å². The molecule has 1 aromatic heterocycles. The molecule has 2 aromatic rings. The lowest BCUT2D eigenvalue weighted by Gasteiger charge is -2.12. The van der Waals surface area contributed by atoms with Gasteiger partial charge < -0.3 is 5.32 Å². The molecule has 0 saturated heterocycles. The van der Waals surface area contributed by atoms with Gasteiger partial charge in [0.25, 0.3) is 0 Å². The number of thiazole rings is 1. The molecule has 20 heavy (non-hydrogen) atoms. The van der Waals surface area contributed by atoms with E-state index in [1.54, 1.807) is 0 Å². The predicted octanol–water partition coefficient (Wildman–Crippen LogP) is 5.04. The number of hydrogen-bond acceptors (Lipinski definition) is 3.